The third-order valence-corrected chi connectivity index (χ3v) is 2.68. The second-order valence-corrected chi connectivity index (χ2v) is 3.83. The number of carboxylic acids is 1. The number of benzene rings is 1. The van der Waals surface area contributed by atoms with E-state index in [4.69, 9.17) is 9.84 Å². The Kier molecular flexibility index (Phi) is 2.73. The van der Waals surface area contributed by atoms with Crippen LogP contribution in [0.15, 0.2) is 18.2 Å². The van der Waals surface area contributed by atoms with Crippen molar-refractivity contribution in [3.05, 3.63) is 29.3 Å². The second-order valence-electron chi connectivity index (χ2n) is 3.83. The van der Waals surface area contributed by atoms with E-state index in [-0.39, 0.29) is 24.3 Å². The van der Waals surface area contributed by atoms with Gasteiger partial charge in [0.2, 0.25) is 0 Å². The summed E-state index contributed by atoms with van der Waals surface area (Å²) in [7, 11) is 0. The summed E-state index contributed by atoms with van der Waals surface area (Å²) in [6, 6.07) is 3.61. The van der Waals surface area contributed by atoms with Gasteiger partial charge in [-0.05, 0) is 18.6 Å². The van der Waals surface area contributed by atoms with Crippen molar-refractivity contribution in [3.63, 3.8) is 0 Å². The summed E-state index contributed by atoms with van der Waals surface area (Å²) in [4.78, 5) is 10.8. The predicted octanol–water partition coefficient (Wildman–Crippen LogP) is 2.34. The first-order valence-corrected chi connectivity index (χ1v) is 4.94. The number of aliphatic carboxylic acids is 1. The van der Waals surface area contributed by atoms with Crippen LogP contribution in [-0.2, 0) is 17.4 Å². The summed E-state index contributed by atoms with van der Waals surface area (Å²) < 4.78 is 43.2. The van der Waals surface area contributed by atoms with Gasteiger partial charge in [-0.15, -0.1) is 0 Å². The van der Waals surface area contributed by atoms with Crippen molar-refractivity contribution in [1.29, 1.82) is 0 Å². The highest BCUT2D eigenvalue weighted by atomic mass is 19.4. The molecule has 0 bridgehead atoms. The van der Waals surface area contributed by atoms with Crippen LogP contribution < -0.4 is 4.74 Å². The molecule has 0 amide bonds. The Bertz CT molecular complexity index is 454. The molecule has 0 saturated carbocycles. The van der Waals surface area contributed by atoms with Gasteiger partial charge in [0, 0.05) is 5.56 Å². The third-order valence-electron chi connectivity index (χ3n) is 2.68. The standard InChI is InChI=1S/C11H9F3O3/c12-11(13,14)8-2-1-3-9-7(8)4-6(5-17-9)10(15)16/h1-3,6H,4-5H2,(H,15,16). The van der Waals surface area contributed by atoms with E-state index < -0.39 is 23.6 Å². The van der Waals surface area contributed by atoms with Gasteiger partial charge in [0.25, 0.3) is 0 Å². The van der Waals surface area contributed by atoms with E-state index in [9.17, 15) is 18.0 Å². The molecule has 0 aromatic heterocycles. The van der Waals surface area contributed by atoms with Crippen LogP contribution in [0.3, 0.4) is 0 Å². The molecule has 0 spiro atoms. The smallest absolute Gasteiger partial charge is 0.416 e. The van der Waals surface area contributed by atoms with Crippen molar-refractivity contribution in [1.82, 2.24) is 0 Å². The maximum absolute atomic E-state index is 12.7. The van der Waals surface area contributed by atoms with E-state index in [2.05, 4.69) is 0 Å². The lowest BCUT2D eigenvalue weighted by Crippen LogP contribution is -2.29. The lowest BCUT2D eigenvalue weighted by molar-refractivity contribution is -0.145. The zero-order valence-electron chi connectivity index (χ0n) is 8.62. The fraction of sp³-hybridized carbons (Fsp3) is 0.364. The lowest BCUT2D eigenvalue weighted by Gasteiger charge is -2.25. The number of ether oxygens (including phenoxy) is 1. The van der Waals surface area contributed by atoms with Crippen molar-refractivity contribution in [2.75, 3.05) is 6.61 Å². The van der Waals surface area contributed by atoms with Crippen molar-refractivity contribution >= 4 is 5.97 Å². The second kappa shape index (κ2) is 3.94. The molecule has 3 nitrogen and oxygen atoms in total. The van der Waals surface area contributed by atoms with Gasteiger partial charge in [-0.25, -0.2) is 0 Å². The largest absolute Gasteiger partial charge is 0.492 e. The van der Waals surface area contributed by atoms with Crippen LogP contribution in [0.1, 0.15) is 11.1 Å². The highest BCUT2D eigenvalue weighted by molar-refractivity contribution is 5.71. The monoisotopic (exact) mass is 246 g/mol. The van der Waals surface area contributed by atoms with E-state index in [0.717, 1.165) is 6.07 Å². The van der Waals surface area contributed by atoms with Gasteiger partial charge < -0.3 is 9.84 Å². The molecule has 0 radical (unpaired) electrons. The summed E-state index contributed by atoms with van der Waals surface area (Å²) >= 11 is 0. The Morgan fingerprint density at radius 3 is 2.71 bits per heavy atom. The first kappa shape index (κ1) is 11.8. The first-order chi connectivity index (χ1) is 7.89. The minimum Gasteiger partial charge on any atom is -0.492 e. The van der Waals surface area contributed by atoms with E-state index in [1.165, 1.54) is 12.1 Å². The summed E-state index contributed by atoms with van der Waals surface area (Å²) in [5, 5.41) is 8.80. The number of rotatable bonds is 1. The average molecular weight is 246 g/mol. The number of fused-ring (bicyclic) bond motifs is 1. The fourth-order valence-electron chi connectivity index (χ4n) is 1.83. The van der Waals surface area contributed by atoms with Crippen LogP contribution in [0.25, 0.3) is 0 Å². The van der Waals surface area contributed by atoms with Gasteiger partial charge in [-0.2, -0.15) is 13.2 Å². The maximum atomic E-state index is 12.7. The van der Waals surface area contributed by atoms with Crippen LogP contribution >= 0.6 is 0 Å². The Labute approximate surface area is 94.8 Å². The lowest BCUT2D eigenvalue weighted by atomic mass is 9.93. The van der Waals surface area contributed by atoms with Crippen LogP contribution in [-0.4, -0.2) is 17.7 Å². The molecular weight excluding hydrogens is 237 g/mol. The van der Waals surface area contributed by atoms with Crippen LogP contribution in [0.5, 0.6) is 5.75 Å². The Hall–Kier alpha value is -1.72. The molecule has 92 valence electrons. The van der Waals surface area contributed by atoms with Crippen molar-refractivity contribution < 1.29 is 27.8 Å². The number of carboxylic acid groups (broad SMARTS) is 1. The molecule has 0 aliphatic carbocycles. The summed E-state index contributed by atoms with van der Waals surface area (Å²) in [6.45, 7) is -0.0936. The number of halogens is 3. The van der Waals surface area contributed by atoms with Crippen molar-refractivity contribution in [2.45, 2.75) is 12.6 Å². The van der Waals surface area contributed by atoms with Gasteiger partial charge in [0.15, 0.2) is 0 Å². The Balaban J connectivity index is 2.43. The quantitative estimate of drug-likeness (QED) is 0.827. The van der Waals surface area contributed by atoms with Gasteiger partial charge >= 0.3 is 12.1 Å². The summed E-state index contributed by atoms with van der Waals surface area (Å²) in [5.41, 5.74) is -0.889. The predicted molar refractivity (Wildman–Crippen MR) is 51.8 cm³/mol. The third kappa shape index (κ3) is 2.20. The van der Waals surface area contributed by atoms with Gasteiger partial charge in [-0.3, -0.25) is 4.79 Å². The van der Waals surface area contributed by atoms with Crippen LogP contribution in [0.4, 0.5) is 13.2 Å². The number of hydrogen-bond donors (Lipinski definition) is 1. The summed E-state index contributed by atoms with van der Waals surface area (Å²) in [5.74, 6) is -1.95. The molecule has 2 rings (SSSR count). The first-order valence-electron chi connectivity index (χ1n) is 4.94. The molecule has 1 atom stereocenters. The zero-order valence-corrected chi connectivity index (χ0v) is 8.62. The molecule has 1 heterocycles. The molecule has 1 aliphatic heterocycles. The van der Waals surface area contributed by atoms with Crippen molar-refractivity contribution in [2.24, 2.45) is 5.92 Å². The van der Waals surface area contributed by atoms with Gasteiger partial charge in [-0.1, -0.05) is 6.07 Å². The minimum absolute atomic E-state index is 0.0707. The number of hydrogen-bond acceptors (Lipinski definition) is 2. The Morgan fingerprint density at radius 1 is 1.41 bits per heavy atom. The van der Waals surface area contributed by atoms with Crippen LogP contribution in [0, 0.1) is 5.92 Å². The van der Waals surface area contributed by atoms with Gasteiger partial charge in [0.05, 0.1) is 11.5 Å². The van der Waals surface area contributed by atoms with E-state index in [1.54, 1.807) is 0 Å². The topological polar surface area (TPSA) is 46.5 Å². The maximum Gasteiger partial charge on any atom is 0.416 e. The highest BCUT2D eigenvalue weighted by Crippen LogP contribution is 2.39. The molecule has 1 N–H and O–H groups in total. The molecule has 1 unspecified atom stereocenters. The molecule has 0 fully saturated rings. The number of alkyl halides is 3. The molecular formula is C11H9F3O3. The normalized spacial score (nSPS) is 19.4. The molecule has 1 aromatic carbocycles. The molecule has 0 saturated heterocycles. The van der Waals surface area contributed by atoms with E-state index in [1.807, 2.05) is 0 Å². The SMILES string of the molecule is O=C(O)C1COc2cccc(C(F)(F)F)c2C1. The molecule has 1 aliphatic rings. The fourth-order valence-corrected chi connectivity index (χ4v) is 1.83. The zero-order chi connectivity index (χ0) is 12.6. The molecule has 1 aromatic rings. The average Bonchev–Trinajstić information content (AvgIpc) is 2.26. The van der Waals surface area contributed by atoms with Gasteiger partial charge in [0.1, 0.15) is 12.4 Å². The minimum atomic E-state index is -4.49. The van der Waals surface area contributed by atoms with E-state index >= 15 is 0 Å². The highest BCUT2D eigenvalue weighted by Gasteiger charge is 2.37. The van der Waals surface area contributed by atoms with E-state index in [0.29, 0.717) is 0 Å². The number of carbonyl (C=O) groups is 1. The summed E-state index contributed by atoms with van der Waals surface area (Å²) in [6.07, 6.45) is -4.64. The Morgan fingerprint density at radius 2 is 2.12 bits per heavy atom. The molecule has 17 heavy (non-hydrogen) atoms. The van der Waals surface area contributed by atoms with Crippen molar-refractivity contribution in [3.8, 4) is 5.75 Å². The van der Waals surface area contributed by atoms with Crippen LogP contribution in [0.2, 0.25) is 0 Å². The molecule has 6 heteroatoms.